The normalized spacial score (nSPS) is 13.1. The molecule has 0 amide bonds. The van der Waals surface area contributed by atoms with Crippen LogP contribution in [0.2, 0.25) is 5.02 Å². The van der Waals surface area contributed by atoms with Gasteiger partial charge in [-0.15, -0.1) is 11.6 Å². The molecule has 1 aromatic carbocycles. The molecule has 98 valence electrons. The molecule has 1 unspecified atom stereocenters. The molecule has 0 saturated carbocycles. The molecule has 18 heavy (non-hydrogen) atoms. The number of alkyl halides is 1. The van der Waals surface area contributed by atoms with E-state index in [9.17, 15) is 0 Å². The first-order valence-corrected chi connectivity index (χ1v) is 8.16. The van der Waals surface area contributed by atoms with Crippen LogP contribution in [0.5, 0.6) is 0 Å². The molecule has 5 heteroatoms. The summed E-state index contributed by atoms with van der Waals surface area (Å²) in [5.74, 6) is 3.07. The average Bonchev–Trinajstić information content (AvgIpc) is 2.66. The fourth-order valence-corrected chi connectivity index (χ4v) is 3.15. The van der Waals surface area contributed by atoms with Gasteiger partial charge in [0.25, 0.3) is 0 Å². The molecule has 1 heterocycles. The Morgan fingerprint density at radius 3 is 2.89 bits per heavy atom. The highest BCUT2D eigenvalue weighted by molar-refractivity contribution is 7.98. The van der Waals surface area contributed by atoms with E-state index in [2.05, 4.69) is 22.7 Å². The van der Waals surface area contributed by atoms with E-state index in [4.69, 9.17) is 23.2 Å². The van der Waals surface area contributed by atoms with E-state index in [1.807, 2.05) is 30.0 Å². The SMILES string of the molecule is CSCC(C)Cn1c(CCl)nc2cc(Cl)ccc21. The Labute approximate surface area is 122 Å². The molecule has 1 atom stereocenters. The Morgan fingerprint density at radius 1 is 1.44 bits per heavy atom. The van der Waals surface area contributed by atoms with Crippen LogP contribution in [0.3, 0.4) is 0 Å². The molecule has 2 nitrogen and oxygen atoms in total. The largest absolute Gasteiger partial charge is 0.327 e. The van der Waals surface area contributed by atoms with Crippen molar-refractivity contribution in [2.24, 2.45) is 5.92 Å². The van der Waals surface area contributed by atoms with Gasteiger partial charge in [0, 0.05) is 11.6 Å². The molecule has 0 saturated heterocycles. The van der Waals surface area contributed by atoms with Crippen molar-refractivity contribution < 1.29 is 0 Å². The maximum absolute atomic E-state index is 5.99. The predicted molar refractivity (Wildman–Crippen MR) is 81.8 cm³/mol. The molecule has 0 bridgehead atoms. The van der Waals surface area contributed by atoms with Crippen LogP contribution in [0.1, 0.15) is 12.7 Å². The molecule has 2 rings (SSSR count). The van der Waals surface area contributed by atoms with Crippen LogP contribution in [-0.2, 0) is 12.4 Å². The maximum atomic E-state index is 5.99. The van der Waals surface area contributed by atoms with Crippen LogP contribution in [0.15, 0.2) is 18.2 Å². The lowest BCUT2D eigenvalue weighted by Crippen LogP contribution is -2.11. The highest BCUT2D eigenvalue weighted by Gasteiger charge is 2.12. The van der Waals surface area contributed by atoms with Gasteiger partial charge in [-0.25, -0.2) is 4.98 Å². The maximum Gasteiger partial charge on any atom is 0.124 e. The summed E-state index contributed by atoms with van der Waals surface area (Å²) in [5, 5.41) is 0.713. The van der Waals surface area contributed by atoms with Gasteiger partial charge in [0.15, 0.2) is 0 Å². The van der Waals surface area contributed by atoms with Crippen molar-refractivity contribution >= 4 is 46.0 Å². The summed E-state index contributed by atoms with van der Waals surface area (Å²) < 4.78 is 2.21. The molecule has 0 aliphatic carbocycles. The molecule has 0 fully saturated rings. The lowest BCUT2D eigenvalue weighted by atomic mass is 10.2. The van der Waals surface area contributed by atoms with Gasteiger partial charge in [0.2, 0.25) is 0 Å². The second-order valence-corrected chi connectivity index (χ2v) is 6.08. The third kappa shape index (κ3) is 2.95. The third-order valence-electron chi connectivity index (χ3n) is 2.85. The number of aromatic nitrogens is 2. The molecular weight excluding hydrogens is 287 g/mol. The number of hydrogen-bond acceptors (Lipinski definition) is 2. The summed E-state index contributed by atoms with van der Waals surface area (Å²) in [6.07, 6.45) is 2.13. The van der Waals surface area contributed by atoms with E-state index in [1.165, 1.54) is 0 Å². The number of thioether (sulfide) groups is 1. The Balaban J connectivity index is 2.40. The number of halogens is 2. The summed E-state index contributed by atoms with van der Waals surface area (Å²) in [5.41, 5.74) is 2.04. The molecule has 0 aliphatic heterocycles. The Bertz CT molecular complexity index is 539. The average molecular weight is 303 g/mol. The summed E-state index contributed by atoms with van der Waals surface area (Å²) >= 11 is 13.8. The van der Waals surface area contributed by atoms with Crippen molar-refractivity contribution in [3.05, 3.63) is 29.0 Å². The standard InChI is InChI=1S/C13H16Cl2N2S/c1-9(8-18-2)7-17-12-4-3-10(15)5-11(12)16-13(17)6-14/h3-5,9H,6-8H2,1-2H3. The second-order valence-electron chi connectivity index (χ2n) is 4.47. The van der Waals surface area contributed by atoms with Gasteiger partial charge in [-0.3, -0.25) is 0 Å². The summed E-state index contributed by atoms with van der Waals surface area (Å²) in [6, 6.07) is 5.81. The van der Waals surface area contributed by atoms with Gasteiger partial charge < -0.3 is 4.57 Å². The molecular formula is C13H16Cl2N2S. The minimum absolute atomic E-state index is 0.429. The summed E-state index contributed by atoms with van der Waals surface area (Å²) in [7, 11) is 0. The van der Waals surface area contributed by atoms with E-state index < -0.39 is 0 Å². The van der Waals surface area contributed by atoms with Crippen molar-refractivity contribution in [2.45, 2.75) is 19.3 Å². The second kappa shape index (κ2) is 6.18. The lowest BCUT2D eigenvalue weighted by Gasteiger charge is -2.13. The fraction of sp³-hybridized carbons (Fsp3) is 0.462. The van der Waals surface area contributed by atoms with Crippen molar-refractivity contribution in [3.63, 3.8) is 0 Å². The van der Waals surface area contributed by atoms with Crippen LogP contribution in [0, 0.1) is 5.92 Å². The van der Waals surface area contributed by atoms with E-state index >= 15 is 0 Å². The molecule has 0 aliphatic rings. The van der Waals surface area contributed by atoms with Crippen molar-refractivity contribution in [2.75, 3.05) is 12.0 Å². The monoisotopic (exact) mass is 302 g/mol. The Hall–Kier alpha value is -0.380. The molecule has 0 N–H and O–H groups in total. The molecule has 0 radical (unpaired) electrons. The molecule has 0 spiro atoms. The highest BCUT2D eigenvalue weighted by Crippen LogP contribution is 2.23. The van der Waals surface area contributed by atoms with Gasteiger partial charge >= 0.3 is 0 Å². The van der Waals surface area contributed by atoms with Crippen LogP contribution in [-0.4, -0.2) is 21.6 Å². The van der Waals surface area contributed by atoms with Gasteiger partial charge in [-0.05, 0) is 36.1 Å². The molecule has 1 aromatic heterocycles. The number of hydrogen-bond donors (Lipinski definition) is 0. The van der Waals surface area contributed by atoms with Gasteiger partial charge in [0.05, 0.1) is 16.9 Å². The van der Waals surface area contributed by atoms with Crippen LogP contribution in [0.25, 0.3) is 11.0 Å². The zero-order chi connectivity index (χ0) is 13.1. The quantitative estimate of drug-likeness (QED) is 0.761. The molecule has 2 aromatic rings. The van der Waals surface area contributed by atoms with E-state index in [-0.39, 0.29) is 0 Å². The highest BCUT2D eigenvalue weighted by atomic mass is 35.5. The van der Waals surface area contributed by atoms with Gasteiger partial charge in [0.1, 0.15) is 5.82 Å². The first kappa shape index (κ1) is 14.0. The Morgan fingerprint density at radius 2 is 2.22 bits per heavy atom. The van der Waals surface area contributed by atoms with Crippen LogP contribution >= 0.6 is 35.0 Å². The van der Waals surface area contributed by atoms with Gasteiger partial charge in [-0.1, -0.05) is 18.5 Å². The number of rotatable bonds is 5. The van der Waals surface area contributed by atoms with Gasteiger partial charge in [-0.2, -0.15) is 11.8 Å². The van der Waals surface area contributed by atoms with Crippen LogP contribution < -0.4 is 0 Å². The van der Waals surface area contributed by atoms with E-state index in [0.29, 0.717) is 16.8 Å². The number of fused-ring (bicyclic) bond motifs is 1. The summed E-state index contributed by atoms with van der Waals surface area (Å²) in [6.45, 7) is 3.19. The number of imidazole rings is 1. The first-order chi connectivity index (χ1) is 8.65. The zero-order valence-corrected chi connectivity index (χ0v) is 12.8. The summed E-state index contributed by atoms with van der Waals surface area (Å²) in [4.78, 5) is 4.54. The third-order valence-corrected chi connectivity index (χ3v) is 4.23. The fourth-order valence-electron chi connectivity index (χ4n) is 2.11. The van der Waals surface area contributed by atoms with Crippen LogP contribution in [0.4, 0.5) is 0 Å². The zero-order valence-electron chi connectivity index (χ0n) is 10.5. The van der Waals surface area contributed by atoms with E-state index in [1.54, 1.807) is 0 Å². The first-order valence-electron chi connectivity index (χ1n) is 5.85. The minimum atomic E-state index is 0.429. The Kier molecular flexibility index (Phi) is 4.82. The van der Waals surface area contributed by atoms with E-state index in [0.717, 1.165) is 29.2 Å². The topological polar surface area (TPSA) is 17.8 Å². The van der Waals surface area contributed by atoms with Crippen molar-refractivity contribution in [1.82, 2.24) is 9.55 Å². The number of benzene rings is 1. The minimum Gasteiger partial charge on any atom is -0.327 e. The van der Waals surface area contributed by atoms with Crippen molar-refractivity contribution in [1.29, 1.82) is 0 Å². The smallest absolute Gasteiger partial charge is 0.124 e. The lowest BCUT2D eigenvalue weighted by molar-refractivity contribution is 0.530. The van der Waals surface area contributed by atoms with Crippen molar-refractivity contribution in [3.8, 4) is 0 Å². The predicted octanol–water partition coefficient (Wildman–Crippen LogP) is 4.43. The number of nitrogens with zero attached hydrogens (tertiary/aromatic N) is 2.